The number of methoxy groups -OCH3 is 1. The highest BCUT2D eigenvalue weighted by molar-refractivity contribution is 5.85. The number of benzene rings is 3. The van der Waals surface area contributed by atoms with E-state index in [4.69, 9.17) is 4.74 Å². The average molecular weight is 272 g/mol. The summed E-state index contributed by atoms with van der Waals surface area (Å²) in [4.78, 5) is 0. The SMILES string of the molecule is COc1ccc2ccc(C3C=Cc4ccccc43)cc2c1. The Morgan fingerprint density at radius 1 is 0.857 bits per heavy atom. The Morgan fingerprint density at radius 2 is 1.71 bits per heavy atom. The van der Waals surface area contributed by atoms with Gasteiger partial charge < -0.3 is 4.74 Å². The fourth-order valence-electron chi connectivity index (χ4n) is 3.10. The van der Waals surface area contributed by atoms with Gasteiger partial charge in [-0.05, 0) is 39.6 Å². The van der Waals surface area contributed by atoms with Crippen LogP contribution < -0.4 is 4.74 Å². The maximum atomic E-state index is 5.33. The molecule has 1 atom stereocenters. The van der Waals surface area contributed by atoms with Crippen LogP contribution in [0.4, 0.5) is 0 Å². The van der Waals surface area contributed by atoms with Crippen LogP contribution in [0.1, 0.15) is 22.6 Å². The zero-order chi connectivity index (χ0) is 14.2. The topological polar surface area (TPSA) is 9.23 Å². The van der Waals surface area contributed by atoms with Gasteiger partial charge in [0.1, 0.15) is 5.75 Å². The van der Waals surface area contributed by atoms with Crippen LogP contribution in [0.2, 0.25) is 0 Å². The molecule has 102 valence electrons. The van der Waals surface area contributed by atoms with Crippen LogP contribution in [0.5, 0.6) is 5.75 Å². The van der Waals surface area contributed by atoms with E-state index in [9.17, 15) is 0 Å². The number of ether oxygens (including phenoxy) is 1. The van der Waals surface area contributed by atoms with Crippen molar-refractivity contribution >= 4 is 16.8 Å². The summed E-state index contributed by atoms with van der Waals surface area (Å²) in [5, 5.41) is 2.47. The summed E-state index contributed by atoms with van der Waals surface area (Å²) in [6.45, 7) is 0. The van der Waals surface area contributed by atoms with Gasteiger partial charge in [0.05, 0.1) is 7.11 Å². The predicted molar refractivity (Wildman–Crippen MR) is 87.8 cm³/mol. The van der Waals surface area contributed by atoms with E-state index in [1.165, 1.54) is 27.5 Å². The van der Waals surface area contributed by atoms with Gasteiger partial charge in [0, 0.05) is 5.92 Å². The molecule has 0 saturated carbocycles. The fraction of sp³-hybridized carbons (Fsp3) is 0.100. The molecule has 4 rings (SSSR count). The van der Waals surface area contributed by atoms with Crippen molar-refractivity contribution in [3.63, 3.8) is 0 Å². The van der Waals surface area contributed by atoms with Gasteiger partial charge in [0.25, 0.3) is 0 Å². The summed E-state index contributed by atoms with van der Waals surface area (Å²) < 4.78 is 5.33. The first-order valence-electron chi connectivity index (χ1n) is 7.20. The minimum absolute atomic E-state index is 0.358. The molecule has 0 N–H and O–H groups in total. The summed E-state index contributed by atoms with van der Waals surface area (Å²) in [5.41, 5.74) is 4.05. The average Bonchev–Trinajstić information content (AvgIpc) is 2.98. The van der Waals surface area contributed by atoms with Crippen molar-refractivity contribution in [2.75, 3.05) is 7.11 Å². The van der Waals surface area contributed by atoms with E-state index in [1.54, 1.807) is 7.11 Å². The van der Waals surface area contributed by atoms with Crippen molar-refractivity contribution in [2.24, 2.45) is 0 Å². The van der Waals surface area contributed by atoms with Crippen molar-refractivity contribution in [3.8, 4) is 5.75 Å². The van der Waals surface area contributed by atoms with Crippen LogP contribution in [0.15, 0.2) is 66.7 Å². The molecule has 0 aliphatic heterocycles. The molecule has 1 nitrogen and oxygen atoms in total. The number of allylic oxidation sites excluding steroid dienone is 1. The number of rotatable bonds is 2. The second-order valence-corrected chi connectivity index (χ2v) is 5.44. The molecule has 0 radical (unpaired) electrons. The molecule has 1 aliphatic rings. The van der Waals surface area contributed by atoms with Crippen molar-refractivity contribution in [3.05, 3.63) is 83.4 Å². The third kappa shape index (κ3) is 2.02. The Kier molecular flexibility index (Phi) is 2.78. The van der Waals surface area contributed by atoms with Gasteiger partial charge in [0.15, 0.2) is 0 Å². The van der Waals surface area contributed by atoms with Crippen molar-refractivity contribution < 1.29 is 4.74 Å². The normalized spacial score (nSPS) is 16.1. The first-order chi connectivity index (χ1) is 10.3. The highest BCUT2D eigenvalue weighted by Crippen LogP contribution is 2.36. The monoisotopic (exact) mass is 272 g/mol. The summed E-state index contributed by atoms with van der Waals surface area (Å²) >= 11 is 0. The second-order valence-electron chi connectivity index (χ2n) is 5.44. The smallest absolute Gasteiger partial charge is 0.119 e. The van der Waals surface area contributed by atoms with Crippen LogP contribution >= 0.6 is 0 Å². The lowest BCUT2D eigenvalue weighted by molar-refractivity contribution is 0.415. The molecule has 0 aromatic heterocycles. The van der Waals surface area contributed by atoms with Gasteiger partial charge in [-0.25, -0.2) is 0 Å². The third-order valence-electron chi connectivity index (χ3n) is 4.23. The van der Waals surface area contributed by atoms with Crippen LogP contribution in [-0.4, -0.2) is 7.11 Å². The van der Waals surface area contributed by atoms with E-state index in [0.29, 0.717) is 5.92 Å². The molecule has 3 aromatic carbocycles. The molecule has 1 unspecified atom stereocenters. The van der Waals surface area contributed by atoms with Gasteiger partial charge in [-0.2, -0.15) is 0 Å². The van der Waals surface area contributed by atoms with Crippen LogP contribution in [0.25, 0.3) is 16.8 Å². The highest BCUT2D eigenvalue weighted by Gasteiger charge is 2.18. The Bertz CT molecular complexity index is 845. The molecule has 0 amide bonds. The molecule has 0 spiro atoms. The van der Waals surface area contributed by atoms with Gasteiger partial charge in [-0.15, -0.1) is 0 Å². The van der Waals surface area contributed by atoms with E-state index in [0.717, 1.165) is 5.75 Å². The molecular formula is C20H16O. The minimum Gasteiger partial charge on any atom is -0.497 e. The van der Waals surface area contributed by atoms with Crippen LogP contribution in [0, 0.1) is 0 Å². The Morgan fingerprint density at radius 3 is 2.62 bits per heavy atom. The lowest BCUT2D eigenvalue weighted by Gasteiger charge is -2.13. The van der Waals surface area contributed by atoms with Crippen molar-refractivity contribution in [1.82, 2.24) is 0 Å². The highest BCUT2D eigenvalue weighted by atomic mass is 16.5. The van der Waals surface area contributed by atoms with E-state index in [1.807, 2.05) is 6.07 Å². The minimum atomic E-state index is 0.358. The van der Waals surface area contributed by atoms with Crippen molar-refractivity contribution in [2.45, 2.75) is 5.92 Å². The molecule has 0 fully saturated rings. The van der Waals surface area contributed by atoms with E-state index < -0.39 is 0 Å². The van der Waals surface area contributed by atoms with E-state index in [2.05, 4.69) is 66.7 Å². The second kappa shape index (κ2) is 4.78. The summed E-state index contributed by atoms with van der Waals surface area (Å²) in [7, 11) is 1.71. The fourth-order valence-corrected chi connectivity index (χ4v) is 3.10. The molecule has 21 heavy (non-hydrogen) atoms. The Balaban J connectivity index is 1.83. The molecular weight excluding hydrogens is 256 g/mol. The van der Waals surface area contributed by atoms with Crippen LogP contribution in [0.3, 0.4) is 0 Å². The van der Waals surface area contributed by atoms with Crippen LogP contribution in [-0.2, 0) is 0 Å². The van der Waals surface area contributed by atoms with Gasteiger partial charge in [-0.3, -0.25) is 0 Å². The first kappa shape index (κ1) is 12.2. The molecule has 0 saturated heterocycles. The standard InChI is InChI=1S/C20H16O/c1-21-18-10-8-14-6-7-16(12-17(14)13-18)20-11-9-15-4-2-3-5-19(15)20/h2-13,20H,1H3. The molecule has 3 aromatic rings. The number of hydrogen-bond acceptors (Lipinski definition) is 1. The quantitative estimate of drug-likeness (QED) is 0.637. The third-order valence-corrected chi connectivity index (χ3v) is 4.23. The lowest BCUT2D eigenvalue weighted by Crippen LogP contribution is -1.95. The molecule has 0 heterocycles. The summed E-state index contributed by atoms with van der Waals surface area (Å²) in [6.07, 6.45) is 4.50. The van der Waals surface area contributed by atoms with Crippen molar-refractivity contribution in [1.29, 1.82) is 0 Å². The van der Waals surface area contributed by atoms with Gasteiger partial charge in [0.2, 0.25) is 0 Å². The lowest BCUT2D eigenvalue weighted by atomic mass is 9.91. The number of fused-ring (bicyclic) bond motifs is 2. The van der Waals surface area contributed by atoms with E-state index >= 15 is 0 Å². The van der Waals surface area contributed by atoms with Gasteiger partial charge >= 0.3 is 0 Å². The Labute approximate surface area is 124 Å². The largest absolute Gasteiger partial charge is 0.497 e. The molecule has 1 aliphatic carbocycles. The maximum Gasteiger partial charge on any atom is 0.119 e. The Hall–Kier alpha value is -2.54. The zero-order valence-corrected chi connectivity index (χ0v) is 11.9. The summed E-state index contributed by atoms with van der Waals surface area (Å²) in [5.74, 6) is 1.26. The summed E-state index contributed by atoms with van der Waals surface area (Å²) in [6, 6.07) is 21.5. The first-order valence-corrected chi connectivity index (χ1v) is 7.20. The predicted octanol–water partition coefficient (Wildman–Crippen LogP) is 5.01. The van der Waals surface area contributed by atoms with Gasteiger partial charge in [-0.1, -0.05) is 60.7 Å². The maximum absolute atomic E-state index is 5.33. The molecule has 1 heteroatoms. The zero-order valence-electron chi connectivity index (χ0n) is 11.9. The molecule has 0 bridgehead atoms. The number of hydrogen-bond donors (Lipinski definition) is 0. The van der Waals surface area contributed by atoms with E-state index in [-0.39, 0.29) is 0 Å².